The van der Waals surface area contributed by atoms with Crippen LogP contribution in [0.25, 0.3) is 5.69 Å². The topological polar surface area (TPSA) is 56.7 Å². The SMILES string of the molecule is Cc1ccc(-n2nc(C(F)(F)F)nc2N)cc1SCC(F)(F)F. The number of nitrogens with two attached hydrogens (primary N) is 1. The van der Waals surface area contributed by atoms with Crippen LogP contribution in [0.1, 0.15) is 11.4 Å². The molecule has 0 fully saturated rings. The van der Waals surface area contributed by atoms with Crippen molar-refractivity contribution in [3.05, 3.63) is 29.6 Å². The third kappa shape index (κ3) is 4.30. The number of aryl methyl sites for hydroxylation is 1. The predicted molar refractivity (Wildman–Crippen MR) is 72.3 cm³/mol. The number of nitrogens with zero attached hydrogens (tertiary/aromatic N) is 3. The molecule has 0 atom stereocenters. The van der Waals surface area contributed by atoms with Gasteiger partial charge in [-0.2, -0.15) is 36.0 Å². The van der Waals surface area contributed by atoms with Gasteiger partial charge in [0.05, 0.1) is 11.4 Å². The molecule has 23 heavy (non-hydrogen) atoms. The Morgan fingerprint density at radius 2 is 1.83 bits per heavy atom. The van der Waals surface area contributed by atoms with Crippen molar-refractivity contribution in [2.24, 2.45) is 0 Å². The Labute approximate surface area is 130 Å². The molecule has 4 nitrogen and oxygen atoms in total. The quantitative estimate of drug-likeness (QED) is 0.671. The number of benzene rings is 1. The maximum atomic E-state index is 12.6. The first-order valence-corrected chi connectivity index (χ1v) is 7.06. The van der Waals surface area contributed by atoms with Crippen LogP contribution in [-0.2, 0) is 6.18 Å². The molecular weight excluding hydrogens is 346 g/mol. The molecule has 0 unspecified atom stereocenters. The smallest absolute Gasteiger partial charge is 0.368 e. The number of halogens is 6. The standard InChI is InChI=1S/C12H10F6N4S/c1-6-2-3-7(4-8(6)23-5-11(13,14)15)22-10(19)20-9(21-22)12(16,17)18/h2-4H,5H2,1H3,(H2,19,20,21). The van der Waals surface area contributed by atoms with E-state index in [9.17, 15) is 26.3 Å². The number of alkyl halides is 6. The third-order valence-corrected chi connectivity index (χ3v) is 3.92. The molecular formula is C12H10F6N4S. The highest BCUT2D eigenvalue weighted by atomic mass is 32.2. The van der Waals surface area contributed by atoms with E-state index in [0.717, 1.165) is 4.68 Å². The molecule has 0 bridgehead atoms. The van der Waals surface area contributed by atoms with E-state index in [4.69, 9.17) is 5.73 Å². The zero-order valence-corrected chi connectivity index (χ0v) is 12.4. The van der Waals surface area contributed by atoms with Gasteiger partial charge in [0.25, 0.3) is 5.82 Å². The number of hydrogen-bond donors (Lipinski definition) is 1. The lowest BCUT2D eigenvalue weighted by molar-refractivity contribution is -0.144. The van der Waals surface area contributed by atoms with Crippen molar-refractivity contribution in [3.8, 4) is 5.69 Å². The zero-order valence-electron chi connectivity index (χ0n) is 11.5. The van der Waals surface area contributed by atoms with E-state index in [-0.39, 0.29) is 10.6 Å². The summed E-state index contributed by atoms with van der Waals surface area (Å²) in [6.45, 7) is 1.59. The summed E-state index contributed by atoms with van der Waals surface area (Å²) in [5, 5.41) is 3.26. The van der Waals surface area contributed by atoms with Gasteiger partial charge in [0.2, 0.25) is 5.95 Å². The highest BCUT2D eigenvalue weighted by Gasteiger charge is 2.37. The molecule has 126 valence electrons. The Kier molecular flexibility index (Phi) is 4.51. The van der Waals surface area contributed by atoms with Crippen LogP contribution < -0.4 is 5.73 Å². The minimum atomic E-state index is -4.77. The first-order valence-electron chi connectivity index (χ1n) is 6.07. The highest BCUT2D eigenvalue weighted by Crippen LogP contribution is 2.32. The van der Waals surface area contributed by atoms with Gasteiger partial charge in [-0.25, -0.2) is 0 Å². The van der Waals surface area contributed by atoms with Crippen molar-refractivity contribution >= 4 is 17.7 Å². The molecule has 0 aliphatic rings. The minimum absolute atomic E-state index is 0.0979. The van der Waals surface area contributed by atoms with Crippen molar-refractivity contribution in [2.45, 2.75) is 24.2 Å². The van der Waals surface area contributed by atoms with Gasteiger partial charge >= 0.3 is 12.4 Å². The molecule has 0 saturated heterocycles. The largest absolute Gasteiger partial charge is 0.453 e. The van der Waals surface area contributed by atoms with Gasteiger partial charge in [-0.05, 0) is 24.6 Å². The highest BCUT2D eigenvalue weighted by molar-refractivity contribution is 7.99. The van der Waals surface area contributed by atoms with Crippen LogP contribution >= 0.6 is 11.8 Å². The number of thioether (sulfide) groups is 1. The summed E-state index contributed by atoms with van der Waals surface area (Å²) in [6, 6.07) is 4.16. The summed E-state index contributed by atoms with van der Waals surface area (Å²) >= 11 is 0.531. The van der Waals surface area contributed by atoms with E-state index in [1.807, 2.05) is 0 Å². The number of nitrogen functional groups attached to an aromatic ring is 1. The Balaban J connectivity index is 2.36. The summed E-state index contributed by atoms with van der Waals surface area (Å²) in [6.07, 6.45) is -9.12. The molecule has 0 saturated carbocycles. The molecule has 11 heteroatoms. The fraction of sp³-hybridized carbons (Fsp3) is 0.333. The first-order chi connectivity index (χ1) is 10.5. The third-order valence-electron chi connectivity index (χ3n) is 2.69. The maximum absolute atomic E-state index is 12.6. The van der Waals surface area contributed by atoms with Gasteiger partial charge in [0.1, 0.15) is 0 Å². The number of hydrogen-bond acceptors (Lipinski definition) is 4. The van der Waals surface area contributed by atoms with Crippen LogP contribution in [0, 0.1) is 6.92 Å². The van der Waals surface area contributed by atoms with Crippen molar-refractivity contribution in [3.63, 3.8) is 0 Å². The molecule has 1 aromatic carbocycles. The second kappa shape index (κ2) is 5.95. The second-order valence-corrected chi connectivity index (χ2v) is 5.57. The fourth-order valence-electron chi connectivity index (χ4n) is 1.67. The fourth-order valence-corrected chi connectivity index (χ4v) is 2.49. The molecule has 0 aliphatic heterocycles. The Hall–Kier alpha value is -1.91. The van der Waals surface area contributed by atoms with Gasteiger partial charge in [-0.3, -0.25) is 0 Å². The molecule has 2 N–H and O–H groups in total. The molecule has 1 aromatic heterocycles. The Bertz CT molecular complexity index is 707. The number of aromatic nitrogens is 3. The van der Waals surface area contributed by atoms with E-state index in [1.54, 1.807) is 6.92 Å². The Morgan fingerprint density at radius 3 is 2.35 bits per heavy atom. The van der Waals surface area contributed by atoms with Crippen molar-refractivity contribution < 1.29 is 26.3 Å². The summed E-state index contributed by atoms with van der Waals surface area (Å²) in [7, 11) is 0. The monoisotopic (exact) mass is 356 g/mol. The lowest BCUT2D eigenvalue weighted by atomic mass is 10.2. The average molecular weight is 356 g/mol. The molecule has 0 radical (unpaired) electrons. The Morgan fingerprint density at radius 1 is 1.17 bits per heavy atom. The van der Waals surface area contributed by atoms with E-state index in [0.29, 0.717) is 17.3 Å². The number of rotatable bonds is 3. The van der Waals surface area contributed by atoms with Crippen LogP contribution in [0.4, 0.5) is 32.3 Å². The average Bonchev–Trinajstić information content (AvgIpc) is 2.79. The number of anilines is 1. The lowest BCUT2D eigenvalue weighted by Crippen LogP contribution is -2.11. The van der Waals surface area contributed by atoms with E-state index >= 15 is 0 Å². The summed E-state index contributed by atoms with van der Waals surface area (Å²) in [4.78, 5) is 3.38. The summed E-state index contributed by atoms with van der Waals surface area (Å²) < 4.78 is 75.3. The second-order valence-electron chi connectivity index (χ2n) is 4.56. The van der Waals surface area contributed by atoms with Gasteiger partial charge in [0, 0.05) is 4.90 Å². The van der Waals surface area contributed by atoms with Crippen LogP contribution in [0.3, 0.4) is 0 Å². The van der Waals surface area contributed by atoms with Gasteiger partial charge in [-0.1, -0.05) is 6.07 Å². The van der Waals surface area contributed by atoms with Crippen molar-refractivity contribution in [1.82, 2.24) is 14.8 Å². The van der Waals surface area contributed by atoms with E-state index < -0.39 is 29.9 Å². The van der Waals surface area contributed by atoms with Gasteiger partial charge in [-0.15, -0.1) is 16.9 Å². The van der Waals surface area contributed by atoms with E-state index in [1.165, 1.54) is 18.2 Å². The zero-order chi connectivity index (χ0) is 17.4. The molecule has 2 rings (SSSR count). The van der Waals surface area contributed by atoms with Crippen LogP contribution in [0.2, 0.25) is 0 Å². The van der Waals surface area contributed by atoms with Crippen LogP contribution in [0.15, 0.2) is 23.1 Å². The van der Waals surface area contributed by atoms with Gasteiger partial charge in [0.15, 0.2) is 0 Å². The van der Waals surface area contributed by atoms with Crippen LogP contribution in [0.5, 0.6) is 0 Å². The van der Waals surface area contributed by atoms with Crippen molar-refractivity contribution in [1.29, 1.82) is 0 Å². The first kappa shape index (κ1) is 17.4. The van der Waals surface area contributed by atoms with E-state index in [2.05, 4.69) is 10.1 Å². The van der Waals surface area contributed by atoms with Gasteiger partial charge < -0.3 is 5.73 Å². The van der Waals surface area contributed by atoms with Crippen LogP contribution in [-0.4, -0.2) is 26.7 Å². The summed E-state index contributed by atoms with van der Waals surface area (Å²) in [5.41, 5.74) is 6.06. The van der Waals surface area contributed by atoms with Crippen molar-refractivity contribution in [2.75, 3.05) is 11.5 Å². The molecule has 0 aliphatic carbocycles. The molecule has 1 heterocycles. The molecule has 0 spiro atoms. The normalized spacial score (nSPS) is 12.7. The lowest BCUT2D eigenvalue weighted by Gasteiger charge is -2.10. The maximum Gasteiger partial charge on any atom is 0.453 e. The predicted octanol–water partition coefficient (Wildman–Crippen LogP) is 3.83. The molecule has 2 aromatic rings. The summed E-state index contributed by atoms with van der Waals surface area (Å²) in [5.74, 6) is -3.04. The molecule has 0 amide bonds. The minimum Gasteiger partial charge on any atom is -0.368 e.